The zero-order valence-corrected chi connectivity index (χ0v) is 14.3. The summed E-state index contributed by atoms with van der Waals surface area (Å²) in [5.41, 5.74) is 2.40. The Bertz CT molecular complexity index is 849. The first-order valence-electron chi connectivity index (χ1n) is 8.74. The van der Waals surface area contributed by atoms with Crippen molar-refractivity contribution in [3.05, 3.63) is 108 Å². The second-order valence-electron chi connectivity index (χ2n) is 6.51. The first kappa shape index (κ1) is 16.4. The summed E-state index contributed by atoms with van der Waals surface area (Å²) in [6.07, 6.45) is 0. The standard InChI is InChI=1S/C23H19NO2/c25-22(18-12-6-2-7-13-18)20-21(23(26)19-14-8-3-9-15-19)24(20)16-17-10-4-1-5-11-17/h1-15,20-21H,16H2/t20-,21+,24?. The van der Waals surface area contributed by atoms with Crippen LogP contribution in [0.5, 0.6) is 0 Å². The van der Waals surface area contributed by atoms with Gasteiger partial charge in [-0.2, -0.15) is 0 Å². The van der Waals surface area contributed by atoms with Crippen LogP contribution in [0.4, 0.5) is 0 Å². The van der Waals surface area contributed by atoms with E-state index >= 15 is 0 Å². The summed E-state index contributed by atoms with van der Waals surface area (Å²) in [5, 5.41) is 0. The summed E-state index contributed by atoms with van der Waals surface area (Å²) >= 11 is 0. The molecule has 1 heterocycles. The maximum absolute atomic E-state index is 13.0. The zero-order valence-electron chi connectivity index (χ0n) is 14.3. The molecule has 3 atom stereocenters. The number of Topliss-reactive ketones (excluding diaryl/α,β-unsaturated/α-hetero) is 2. The molecule has 3 heteroatoms. The molecule has 0 radical (unpaired) electrons. The molecule has 26 heavy (non-hydrogen) atoms. The first-order chi connectivity index (χ1) is 12.8. The van der Waals surface area contributed by atoms with Crippen LogP contribution in [-0.4, -0.2) is 28.6 Å². The summed E-state index contributed by atoms with van der Waals surface area (Å²) in [4.78, 5) is 27.9. The second kappa shape index (κ2) is 7.06. The number of benzene rings is 3. The van der Waals surface area contributed by atoms with Crippen LogP contribution in [0.15, 0.2) is 91.0 Å². The molecule has 3 nitrogen and oxygen atoms in total. The van der Waals surface area contributed by atoms with E-state index < -0.39 is 12.1 Å². The average Bonchev–Trinajstić information content (AvgIpc) is 3.42. The SMILES string of the molecule is O=C(c1ccccc1)[C@@H]1[C@H](C(=O)c2ccccc2)N1Cc1ccccc1. The molecule has 4 rings (SSSR count). The van der Waals surface area contributed by atoms with Crippen molar-refractivity contribution in [3.8, 4) is 0 Å². The second-order valence-corrected chi connectivity index (χ2v) is 6.51. The quantitative estimate of drug-likeness (QED) is 0.502. The van der Waals surface area contributed by atoms with Crippen LogP contribution in [-0.2, 0) is 6.54 Å². The van der Waals surface area contributed by atoms with Gasteiger partial charge in [-0.3, -0.25) is 14.5 Å². The van der Waals surface area contributed by atoms with Crippen LogP contribution >= 0.6 is 0 Å². The van der Waals surface area contributed by atoms with E-state index in [4.69, 9.17) is 0 Å². The molecule has 1 fully saturated rings. The lowest BCUT2D eigenvalue weighted by Gasteiger charge is -2.04. The molecule has 0 spiro atoms. The molecule has 3 aromatic carbocycles. The van der Waals surface area contributed by atoms with Gasteiger partial charge in [0, 0.05) is 17.7 Å². The van der Waals surface area contributed by atoms with E-state index in [1.807, 2.05) is 95.9 Å². The zero-order chi connectivity index (χ0) is 17.9. The van der Waals surface area contributed by atoms with Crippen molar-refractivity contribution in [2.75, 3.05) is 0 Å². The predicted octanol–water partition coefficient (Wildman–Crippen LogP) is 4.01. The molecule has 1 saturated heterocycles. The van der Waals surface area contributed by atoms with Crippen LogP contribution in [0.25, 0.3) is 0 Å². The van der Waals surface area contributed by atoms with Crippen LogP contribution in [0.2, 0.25) is 0 Å². The highest BCUT2D eigenvalue weighted by Gasteiger charge is 2.56. The van der Waals surface area contributed by atoms with E-state index in [9.17, 15) is 9.59 Å². The lowest BCUT2D eigenvalue weighted by molar-refractivity contribution is 0.0948. The van der Waals surface area contributed by atoms with Gasteiger partial charge >= 0.3 is 0 Å². The Balaban J connectivity index is 1.61. The van der Waals surface area contributed by atoms with Gasteiger partial charge in [0.2, 0.25) is 0 Å². The van der Waals surface area contributed by atoms with Crippen molar-refractivity contribution in [1.29, 1.82) is 0 Å². The Morgan fingerprint density at radius 2 is 1.00 bits per heavy atom. The molecule has 1 aliphatic rings. The van der Waals surface area contributed by atoms with Crippen molar-refractivity contribution in [1.82, 2.24) is 4.90 Å². The molecule has 1 aliphatic heterocycles. The van der Waals surface area contributed by atoms with Crippen molar-refractivity contribution < 1.29 is 9.59 Å². The summed E-state index contributed by atoms with van der Waals surface area (Å²) in [6, 6.07) is 27.6. The van der Waals surface area contributed by atoms with E-state index in [1.54, 1.807) is 0 Å². The van der Waals surface area contributed by atoms with Gasteiger partial charge in [0.1, 0.15) is 0 Å². The number of rotatable bonds is 6. The van der Waals surface area contributed by atoms with E-state index in [0.29, 0.717) is 17.7 Å². The van der Waals surface area contributed by atoms with Gasteiger partial charge in [-0.1, -0.05) is 91.0 Å². The van der Waals surface area contributed by atoms with Crippen LogP contribution in [0, 0.1) is 0 Å². The molecule has 0 amide bonds. The summed E-state index contributed by atoms with van der Waals surface area (Å²) in [7, 11) is 0. The highest BCUT2D eigenvalue weighted by atomic mass is 16.1. The molecular formula is C23H19NO2. The van der Waals surface area contributed by atoms with Crippen LogP contribution in [0.3, 0.4) is 0 Å². The Hall–Kier alpha value is -3.04. The van der Waals surface area contributed by atoms with Gasteiger partial charge in [0.15, 0.2) is 11.6 Å². The predicted molar refractivity (Wildman–Crippen MR) is 101 cm³/mol. The highest BCUT2D eigenvalue weighted by molar-refractivity contribution is 6.12. The number of hydrogen-bond donors (Lipinski definition) is 0. The van der Waals surface area contributed by atoms with Gasteiger partial charge < -0.3 is 0 Å². The van der Waals surface area contributed by atoms with Crippen molar-refractivity contribution >= 4 is 11.6 Å². The number of carbonyl (C=O) groups is 2. The summed E-state index contributed by atoms with van der Waals surface area (Å²) in [6.45, 7) is 0.591. The third-order valence-electron chi connectivity index (χ3n) is 4.79. The minimum atomic E-state index is -0.398. The van der Waals surface area contributed by atoms with Gasteiger partial charge in [-0.15, -0.1) is 0 Å². The molecule has 0 saturated carbocycles. The third-order valence-corrected chi connectivity index (χ3v) is 4.79. The minimum Gasteiger partial charge on any atom is -0.292 e. The minimum absolute atomic E-state index is 0.0100. The van der Waals surface area contributed by atoms with Crippen LogP contribution < -0.4 is 0 Å². The topological polar surface area (TPSA) is 37.1 Å². The molecule has 128 valence electrons. The fourth-order valence-electron chi connectivity index (χ4n) is 3.40. The van der Waals surface area contributed by atoms with E-state index in [-0.39, 0.29) is 11.6 Å². The van der Waals surface area contributed by atoms with E-state index in [2.05, 4.69) is 0 Å². The lowest BCUT2D eigenvalue weighted by atomic mass is 10.0. The number of ketones is 2. The fraction of sp³-hybridized carbons (Fsp3) is 0.130. The van der Waals surface area contributed by atoms with Crippen molar-refractivity contribution in [3.63, 3.8) is 0 Å². The van der Waals surface area contributed by atoms with E-state index in [0.717, 1.165) is 5.56 Å². The monoisotopic (exact) mass is 341 g/mol. The Morgan fingerprint density at radius 1 is 0.615 bits per heavy atom. The number of nitrogens with zero attached hydrogens (tertiary/aromatic N) is 1. The van der Waals surface area contributed by atoms with Gasteiger partial charge in [-0.05, 0) is 5.56 Å². The van der Waals surface area contributed by atoms with Crippen molar-refractivity contribution in [2.45, 2.75) is 18.6 Å². The van der Waals surface area contributed by atoms with Crippen LogP contribution in [0.1, 0.15) is 26.3 Å². The molecule has 0 N–H and O–H groups in total. The fourth-order valence-corrected chi connectivity index (χ4v) is 3.40. The maximum atomic E-state index is 13.0. The Morgan fingerprint density at radius 3 is 1.42 bits per heavy atom. The normalized spacial score (nSPS) is 21.2. The van der Waals surface area contributed by atoms with Gasteiger partial charge in [-0.25, -0.2) is 0 Å². The first-order valence-corrected chi connectivity index (χ1v) is 8.74. The molecular weight excluding hydrogens is 322 g/mol. The number of hydrogen-bond acceptors (Lipinski definition) is 3. The third kappa shape index (κ3) is 3.22. The molecule has 0 aromatic heterocycles. The Labute approximate surface area is 152 Å². The summed E-state index contributed by atoms with van der Waals surface area (Å²) < 4.78 is 0. The molecule has 1 unspecified atom stereocenters. The lowest BCUT2D eigenvalue weighted by Crippen LogP contribution is -2.16. The molecule has 0 bridgehead atoms. The van der Waals surface area contributed by atoms with Gasteiger partial charge in [0.05, 0.1) is 12.1 Å². The molecule has 0 aliphatic carbocycles. The summed E-state index contributed by atoms with van der Waals surface area (Å²) in [5.74, 6) is 0.0200. The van der Waals surface area contributed by atoms with E-state index in [1.165, 1.54) is 0 Å². The van der Waals surface area contributed by atoms with Crippen molar-refractivity contribution in [2.24, 2.45) is 0 Å². The smallest absolute Gasteiger partial charge is 0.182 e. The maximum Gasteiger partial charge on any atom is 0.182 e. The average molecular weight is 341 g/mol. The molecule has 3 aromatic rings. The largest absolute Gasteiger partial charge is 0.292 e. The Kier molecular flexibility index (Phi) is 4.46. The van der Waals surface area contributed by atoms with Gasteiger partial charge in [0.25, 0.3) is 0 Å². The highest BCUT2D eigenvalue weighted by Crippen LogP contribution is 2.35. The number of carbonyl (C=O) groups excluding carboxylic acids is 2.